The number of amides is 3. The zero-order valence-corrected chi connectivity index (χ0v) is 23.4. The van der Waals surface area contributed by atoms with E-state index in [-0.39, 0.29) is 32.9 Å². The molecule has 0 unspecified atom stereocenters. The van der Waals surface area contributed by atoms with E-state index < -0.39 is 33.7 Å². The van der Waals surface area contributed by atoms with Gasteiger partial charge in [-0.3, -0.25) is 19.3 Å². The van der Waals surface area contributed by atoms with Crippen LogP contribution in [0.15, 0.2) is 76.5 Å². The van der Waals surface area contributed by atoms with Crippen LogP contribution in [0.4, 0.5) is 10.5 Å². The van der Waals surface area contributed by atoms with Gasteiger partial charge in [0.2, 0.25) is 11.7 Å². The fourth-order valence-corrected chi connectivity index (χ4v) is 5.65. The first kappa shape index (κ1) is 28.5. The van der Waals surface area contributed by atoms with Gasteiger partial charge in [-0.25, -0.2) is 0 Å². The van der Waals surface area contributed by atoms with Crippen LogP contribution in [0, 0.1) is 0 Å². The van der Waals surface area contributed by atoms with E-state index in [4.69, 9.17) is 32.1 Å². The Morgan fingerprint density at radius 1 is 1.05 bits per heavy atom. The molecule has 1 heterocycles. The van der Waals surface area contributed by atoms with E-state index in [9.17, 15) is 22.8 Å². The van der Waals surface area contributed by atoms with Gasteiger partial charge in [0.1, 0.15) is 11.4 Å². The maximum atomic E-state index is 12.9. The van der Waals surface area contributed by atoms with Crippen LogP contribution in [0.3, 0.4) is 0 Å². The highest BCUT2D eigenvalue weighted by Crippen LogP contribution is 2.40. The third kappa shape index (κ3) is 6.93. The van der Waals surface area contributed by atoms with E-state index in [1.807, 2.05) is 0 Å². The molecule has 1 aliphatic heterocycles. The molecule has 0 spiro atoms. The second-order valence-electron chi connectivity index (χ2n) is 7.94. The van der Waals surface area contributed by atoms with Gasteiger partial charge in [-0.05, 0) is 78.9 Å². The Kier molecular flexibility index (Phi) is 8.86. The number of para-hydroxylation sites is 1. The first-order chi connectivity index (χ1) is 18.6. The first-order valence-corrected chi connectivity index (χ1v) is 14.3. The third-order valence-corrected chi connectivity index (χ3v) is 7.83. The van der Waals surface area contributed by atoms with Crippen LogP contribution >= 0.6 is 35.0 Å². The van der Waals surface area contributed by atoms with Crippen LogP contribution < -0.4 is 14.2 Å². The normalized spacial score (nSPS) is 14.5. The first-order valence-electron chi connectivity index (χ1n) is 11.3. The standard InChI is InChI=1S/C26H20Cl2N2O7S2/c1-2-36-21-13-16(12-20(28)24(21)37-39(34,35)19-10-8-17(27)9-11-19)14-22-25(32)30(26(33)38-22)15-23(31)29-18-6-4-3-5-7-18/h3-14H,2,15H2,1H3,(H,29,31)/b22-14-. The van der Waals surface area contributed by atoms with E-state index >= 15 is 0 Å². The fraction of sp³-hybridized carbons (Fsp3) is 0.115. The Bertz CT molecular complexity index is 1560. The second kappa shape index (κ2) is 12.1. The van der Waals surface area contributed by atoms with E-state index in [0.717, 1.165) is 4.90 Å². The summed E-state index contributed by atoms with van der Waals surface area (Å²) in [4.78, 5) is 38.5. The number of carbonyl (C=O) groups excluding carboxylic acids is 3. The van der Waals surface area contributed by atoms with Gasteiger partial charge in [0.25, 0.3) is 11.1 Å². The highest BCUT2D eigenvalue weighted by Gasteiger charge is 2.36. The predicted molar refractivity (Wildman–Crippen MR) is 150 cm³/mol. The van der Waals surface area contributed by atoms with E-state index in [2.05, 4.69) is 5.32 Å². The number of thioether (sulfide) groups is 1. The van der Waals surface area contributed by atoms with E-state index in [0.29, 0.717) is 28.0 Å². The summed E-state index contributed by atoms with van der Waals surface area (Å²) in [6.45, 7) is 1.38. The Labute approximate surface area is 238 Å². The quantitative estimate of drug-likeness (QED) is 0.238. The number of imide groups is 1. The molecule has 13 heteroatoms. The number of rotatable bonds is 9. The van der Waals surface area contributed by atoms with Crippen molar-refractivity contribution in [1.29, 1.82) is 0 Å². The molecule has 0 saturated carbocycles. The number of carbonyl (C=O) groups is 3. The lowest BCUT2D eigenvalue weighted by Gasteiger charge is -2.14. The summed E-state index contributed by atoms with van der Waals surface area (Å²) in [5.74, 6) is -1.42. The molecule has 0 atom stereocenters. The summed E-state index contributed by atoms with van der Waals surface area (Å²) in [7, 11) is -4.27. The smallest absolute Gasteiger partial charge is 0.339 e. The SMILES string of the molecule is CCOc1cc(/C=C2\SC(=O)N(CC(=O)Nc3ccccc3)C2=O)cc(Cl)c1OS(=O)(=O)c1ccc(Cl)cc1. The zero-order chi connectivity index (χ0) is 28.2. The lowest BCUT2D eigenvalue weighted by atomic mass is 10.2. The lowest BCUT2D eigenvalue weighted by molar-refractivity contribution is -0.127. The molecule has 39 heavy (non-hydrogen) atoms. The van der Waals surface area contributed by atoms with Gasteiger partial charge >= 0.3 is 10.1 Å². The summed E-state index contributed by atoms with van der Waals surface area (Å²) in [5.41, 5.74) is 0.877. The molecule has 9 nitrogen and oxygen atoms in total. The largest absolute Gasteiger partial charge is 0.490 e. The summed E-state index contributed by atoms with van der Waals surface area (Å²) in [6, 6.07) is 16.8. The predicted octanol–water partition coefficient (Wildman–Crippen LogP) is 5.83. The summed E-state index contributed by atoms with van der Waals surface area (Å²) < 4.78 is 36.4. The molecule has 0 aliphatic carbocycles. The monoisotopic (exact) mass is 606 g/mol. The van der Waals surface area contributed by atoms with Crippen molar-refractivity contribution < 1.29 is 31.7 Å². The number of benzene rings is 3. The van der Waals surface area contributed by atoms with Crippen LogP contribution in [-0.2, 0) is 19.7 Å². The molecular weight excluding hydrogens is 587 g/mol. The van der Waals surface area contributed by atoms with Crippen molar-refractivity contribution in [2.45, 2.75) is 11.8 Å². The molecule has 0 aromatic heterocycles. The molecule has 3 amide bonds. The van der Waals surface area contributed by atoms with Crippen molar-refractivity contribution in [3.63, 3.8) is 0 Å². The van der Waals surface area contributed by atoms with Crippen molar-refractivity contribution in [2.75, 3.05) is 18.5 Å². The number of ether oxygens (including phenoxy) is 1. The molecule has 1 saturated heterocycles. The summed E-state index contributed by atoms with van der Waals surface area (Å²) in [6.07, 6.45) is 1.39. The van der Waals surface area contributed by atoms with Crippen molar-refractivity contribution in [2.24, 2.45) is 0 Å². The minimum Gasteiger partial charge on any atom is -0.490 e. The molecule has 202 valence electrons. The average Bonchev–Trinajstić information content (AvgIpc) is 3.14. The van der Waals surface area contributed by atoms with Crippen LogP contribution in [0.25, 0.3) is 6.08 Å². The molecule has 0 radical (unpaired) electrons. The van der Waals surface area contributed by atoms with Gasteiger partial charge in [0.05, 0.1) is 16.5 Å². The molecule has 1 aliphatic rings. The zero-order valence-electron chi connectivity index (χ0n) is 20.2. The second-order valence-corrected chi connectivity index (χ2v) is 11.3. The number of hydrogen-bond acceptors (Lipinski definition) is 8. The highest BCUT2D eigenvalue weighted by atomic mass is 35.5. The van der Waals surface area contributed by atoms with Crippen molar-refractivity contribution in [3.8, 4) is 11.5 Å². The van der Waals surface area contributed by atoms with Gasteiger partial charge in [0.15, 0.2) is 5.75 Å². The van der Waals surface area contributed by atoms with Gasteiger partial charge in [0, 0.05) is 10.7 Å². The van der Waals surface area contributed by atoms with Crippen LogP contribution in [0.2, 0.25) is 10.0 Å². The van der Waals surface area contributed by atoms with Gasteiger partial charge in [-0.2, -0.15) is 8.42 Å². The Balaban J connectivity index is 1.55. The van der Waals surface area contributed by atoms with Crippen molar-refractivity contribution in [1.82, 2.24) is 4.90 Å². The van der Waals surface area contributed by atoms with E-state index in [1.165, 1.54) is 42.5 Å². The number of anilines is 1. The van der Waals surface area contributed by atoms with E-state index in [1.54, 1.807) is 37.3 Å². The van der Waals surface area contributed by atoms with Crippen molar-refractivity contribution in [3.05, 3.63) is 87.2 Å². The lowest BCUT2D eigenvalue weighted by Crippen LogP contribution is -2.36. The molecule has 0 bridgehead atoms. The molecule has 4 rings (SSSR count). The number of nitrogens with one attached hydrogen (secondary N) is 1. The maximum absolute atomic E-state index is 12.9. The minimum atomic E-state index is -4.27. The summed E-state index contributed by atoms with van der Waals surface area (Å²) >= 11 is 12.9. The third-order valence-electron chi connectivity index (χ3n) is 5.16. The Morgan fingerprint density at radius 2 is 1.74 bits per heavy atom. The topological polar surface area (TPSA) is 119 Å². The van der Waals surface area contributed by atoms with Gasteiger partial charge in [-0.15, -0.1) is 0 Å². The number of hydrogen-bond donors (Lipinski definition) is 1. The van der Waals surface area contributed by atoms with Crippen LogP contribution in [-0.4, -0.2) is 43.5 Å². The number of nitrogens with zero attached hydrogens (tertiary/aromatic N) is 1. The molecule has 1 fully saturated rings. The minimum absolute atomic E-state index is 0.00950. The Hall–Kier alpha value is -3.51. The number of halogens is 2. The van der Waals surface area contributed by atoms with Crippen molar-refractivity contribution >= 4 is 73.9 Å². The fourth-order valence-electron chi connectivity index (χ4n) is 3.43. The summed E-state index contributed by atoms with van der Waals surface area (Å²) in [5, 5.41) is 2.26. The van der Waals surface area contributed by atoms with Crippen LogP contribution in [0.1, 0.15) is 12.5 Å². The van der Waals surface area contributed by atoms with Gasteiger partial charge < -0.3 is 14.2 Å². The average molecular weight is 607 g/mol. The van der Waals surface area contributed by atoms with Gasteiger partial charge in [-0.1, -0.05) is 41.4 Å². The molecule has 1 N–H and O–H groups in total. The highest BCUT2D eigenvalue weighted by molar-refractivity contribution is 8.18. The molecule has 3 aromatic carbocycles. The Morgan fingerprint density at radius 3 is 2.41 bits per heavy atom. The maximum Gasteiger partial charge on any atom is 0.339 e. The molecule has 3 aromatic rings. The molecular formula is C26H20Cl2N2O7S2. The van der Waals surface area contributed by atoms with Crippen LogP contribution in [0.5, 0.6) is 11.5 Å².